The van der Waals surface area contributed by atoms with E-state index in [4.69, 9.17) is 20.8 Å². The number of hydrogen-bond donors (Lipinski definition) is 1. The van der Waals surface area contributed by atoms with Crippen molar-refractivity contribution in [2.75, 3.05) is 6.61 Å². The summed E-state index contributed by atoms with van der Waals surface area (Å²) in [6.45, 7) is 3.21. The molecular weight excluding hydrogens is 344 g/mol. The van der Waals surface area contributed by atoms with Crippen LogP contribution in [-0.4, -0.2) is 18.1 Å². The largest absolute Gasteiger partial charge is 0.482 e. The molecule has 0 unspecified atom stereocenters. The van der Waals surface area contributed by atoms with E-state index >= 15 is 0 Å². The first-order valence-electron chi connectivity index (χ1n) is 7.91. The molecule has 1 aliphatic rings. The van der Waals surface area contributed by atoms with Crippen LogP contribution in [0.2, 0.25) is 5.02 Å². The SMILES string of the molecule is Cc1cc(=O)oc2cc(OCC(=O)N[C@](C)(C#N)C3CC3)c(Cl)cc12. The maximum Gasteiger partial charge on any atom is 0.336 e. The van der Waals surface area contributed by atoms with Gasteiger partial charge in [0, 0.05) is 17.5 Å². The van der Waals surface area contributed by atoms with E-state index in [1.54, 1.807) is 19.9 Å². The van der Waals surface area contributed by atoms with E-state index in [1.165, 1.54) is 12.1 Å². The molecular formula is C18H17ClN2O4. The second-order valence-corrected chi connectivity index (χ2v) is 6.86. The number of carbonyl (C=O) groups excluding carboxylic acids is 1. The van der Waals surface area contributed by atoms with E-state index in [2.05, 4.69) is 11.4 Å². The number of ether oxygens (including phenoxy) is 1. The molecule has 1 aromatic carbocycles. The molecule has 2 aromatic rings. The van der Waals surface area contributed by atoms with Crippen molar-refractivity contribution in [1.82, 2.24) is 5.32 Å². The summed E-state index contributed by atoms with van der Waals surface area (Å²) in [6, 6.07) is 6.66. The predicted molar refractivity (Wildman–Crippen MR) is 92.6 cm³/mol. The Morgan fingerprint density at radius 1 is 1.48 bits per heavy atom. The number of halogens is 1. The molecule has 0 saturated heterocycles. The molecule has 1 amide bonds. The zero-order valence-electron chi connectivity index (χ0n) is 13.9. The molecule has 25 heavy (non-hydrogen) atoms. The van der Waals surface area contributed by atoms with Gasteiger partial charge in [-0.2, -0.15) is 5.26 Å². The topological polar surface area (TPSA) is 92.3 Å². The molecule has 0 bridgehead atoms. The number of hydrogen-bond acceptors (Lipinski definition) is 5. The number of nitrogens with zero attached hydrogens (tertiary/aromatic N) is 1. The van der Waals surface area contributed by atoms with Gasteiger partial charge in [0.25, 0.3) is 5.91 Å². The maximum atomic E-state index is 12.1. The van der Waals surface area contributed by atoms with Crippen molar-refractivity contribution < 1.29 is 13.9 Å². The second kappa shape index (κ2) is 6.41. The van der Waals surface area contributed by atoms with E-state index in [-0.39, 0.29) is 18.3 Å². The van der Waals surface area contributed by atoms with Gasteiger partial charge in [-0.1, -0.05) is 11.6 Å². The van der Waals surface area contributed by atoms with Crippen LogP contribution in [0.4, 0.5) is 0 Å². The molecule has 130 valence electrons. The van der Waals surface area contributed by atoms with Gasteiger partial charge in [-0.05, 0) is 44.2 Å². The van der Waals surface area contributed by atoms with Gasteiger partial charge < -0.3 is 14.5 Å². The summed E-state index contributed by atoms with van der Waals surface area (Å²) in [5, 5.41) is 13.0. The molecule has 1 N–H and O–H groups in total. The van der Waals surface area contributed by atoms with Crippen molar-refractivity contribution >= 4 is 28.5 Å². The number of aryl methyl sites for hydroxylation is 1. The molecule has 0 radical (unpaired) electrons. The molecule has 1 saturated carbocycles. The number of nitrogens with one attached hydrogen (secondary N) is 1. The fraction of sp³-hybridized carbons (Fsp3) is 0.389. The van der Waals surface area contributed by atoms with E-state index in [0.717, 1.165) is 18.4 Å². The lowest BCUT2D eigenvalue weighted by Crippen LogP contribution is -2.48. The standard InChI is InChI=1S/C18H17ClN2O4/c1-10-5-17(23)25-14-7-15(13(19)6-12(10)14)24-8-16(22)21-18(2,9-20)11-3-4-11/h5-7,11H,3-4,8H2,1-2H3,(H,21,22)/t18-/m1/s1. The van der Waals surface area contributed by atoms with E-state index in [9.17, 15) is 14.9 Å². The monoisotopic (exact) mass is 360 g/mol. The Balaban J connectivity index is 1.75. The summed E-state index contributed by atoms with van der Waals surface area (Å²) in [4.78, 5) is 23.6. The van der Waals surface area contributed by atoms with E-state index in [1.807, 2.05) is 0 Å². The molecule has 0 aliphatic heterocycles. The van der Waals surface area contributed by atoms with Crippen molar-refractivity contribution in [2.24, 2.45) is 5.92 Å². The molecule has 1 heterocycles. The van der Waals surface area contributed by atoms with Crippen LogP contribution in [0, 0.1) is 24.2 Å². The zero-order chi connectivity index (χ0) is 18.2. The number of nitriles is 1. The maximum absolute atomic E-state index is 12.1. The Morgan fingerprint density at radius 3 is 2.84 bits per heavy atom. The van der Waals surface area contributed by atoms with Crippen LogP contribution in [0.1, 0.15) is 25.3 Å². The molecule has 1 atom stereocenters. The molecule has 1 fully saturated rings. The van der Waals surface area contributed by atoms with Gasteiger partial charge in [0.05, 0.1) is 11.1 Å². The van der Waals surface area contributed by atoms with E-state index < -0.39 is 17.1 Å². The summed E-state index contributed by atoms with van der Waals surface area (Å²) in [5.41, 5.74) is -0.265. The van der Waals surface area contributed by atoms with Crippen molar-refractivity contribution in [3.8, 4) is 11.8 Å². The van der Waals surface area contributed by atoms with Crippen molar-refractivity contribution in [3.05, 3.63) is 39.2 Å². The van der Waals surface area contributed by atoms with Gasteiger partial charge in [0.1, 0.15) is 16.9 Å². The van der Waals surface area contributed by atoms with Gasteiger partial charge in [-0.3, -0.25) is 4.79 Å². The van der Waals surface area contributed by atoms with Gasteiger partial charge in [-0.25, -0.2) is 4.79 Å². The minimum absolute atomic E-state index is 0.183. The van der Waals surface area contributed by atoms with Gasteiger partial charge in [0.2, 0.25) is 0 Å². The first-order chi connectivity index (χ1) is 11.8. The molecule has 1 aromatic heterocycles. The second-order valence-electron chi connectivity index (χ2n) is 6.45. The van der Waals surface area contributed by atoms with Crippen molar-refractivity contribution in [1.29, 1.82) is 5.26 Å². The normalized spacial score (nSPS) is 16.1. The summed E-state index contributed by atoms with van der Waals surface area (Å²) in [5.74, 6) is 0.0175. The number of rotatable bonds is 5. The molecule has 3 rings (SSSR count). The van der Waals surface area contributed by atoms with Crippen LogP contribution in [0.5, 0.6) is 5.75 Å². The third-order valence-electron chi connectivity index (χ3n) is 4.39. The number of amides is 1. The third kappa shape index (κ3) is 3.62. The minimum Gasteiger partial charge on any atom is -0.482 e. The smallest absolute Gasteiger partial charge is 0.336 e. The van der Waals surface area contributed by atoms with Crippen LogP contribution in [-0.2, 0) is 4.79 Å². The van der Waals surface area contributed by atoms with Crippen LogP contribution >= 0.6 is 11.6 Å². The Morgan fingerprint density at radius 2 is 2.20 bits per heavy atom. The average molecular weight is 361 g/mol. The summed E-state index contributed by atoms with van der Waals surface area (Å²) in [7, 11) is 0. The van der Waals surface area contributed by atoms with Crippen LogP contribution in [0.15, 0.2) is 27.4 Å². The zero-order valence-corrected chi connectivity index (χ0v) is 14.6. The van der Waals surface area contributed by atoms with Gasteiger partial charge in [-0.15, -0.1) is 0 Å². The number of benzene rings is 1. The fourth-order valence-electron chi connectivity index (χ4n) is 2.78. The van der Waals surface area contributed by atoms with Crippen molar-refractivity contribution in [3.63, 3.8) is 0 Å². The summed E-state index contributed by atoms with van der Waals surface area (Å²) >= 11 is 6.19. The number of carbonyl (C=O) groups is 1. The Kier molecular flexibility index (Phi) is 4.44. The van der Waals surface area contributed by atoms with Crippen molar-refractivity contribution in [2.45, 2.75) is 32.2 Å². The first-order valence-corrected chi connectivity index (χ1v) is 8.29. The quantitative estimate of drug-likeness (QED) is 0.827. The third-order valence-corrected chi connectivity index (χ3v) is 4.68. The Bertz CT molecular complexity index is 942. The fourth-order valence-corrected chi connectivity index (χ4v) is 3.00. The lowest BCUT2D eigenvalue weighted by atomic mass is 9.98. The predicted octanol–water partition coefficient (Wildman–Crippen LogP) is 2.94. The average Bonchev–Trinajstić information content (AvgIpc) is 3.39. The van der Waals surface area contributed by atoms with Crippen LogP contribution in [0.3, 0.4) is 0 Å². The Hall–Kier alpha value is -2.52. The van der Waals surface area contributed by atoms with Gasteiger partial charge >= 0.3 is 5.63 Å². The molecule has 7 heteroatoms. The molecule has 6 nitrogen and oxygen atoms in total. The minimum atomic E-state index is -0.877. The highest BCUT2D eigenvalue weighted by Gasteiger charge is 2.43. The number of fused-ring (bicyclic) bond motifs is 1. The highest BCUT2D eigenvalue weighted by atomic mass is 35.5. The molecule has 0 spiro atoms. The summed E-state index contributed by atoms with van der Waals surface area (Å²) in [6.07, 6.45) is 1.86. The molecule has 1 aliphatic carbocycles. The Labute approximate surface area is 149 Å². The highest BCUT2D eigenvalue weighted by Crippen LogP contribution is 2.39. The van der Waals surface area contributed by atoms with E-state index in [0.29, 0.717) is 16.0 Å². The summed E-state index contributed by atoms with van der Waals surface area (Å²) < 4.78 is 10.6. The first kappa shape index (κ1) is 17.3. The van der Waals surface area contributed by atoms with Crippen LogP contribution in [0.25, 0.3) is 11.0 Å². The lowest BCUT2D eigenvalue weighted by molar-refractivity contribution is -0.124. The van der Waals surface area contributed by atoms with Crippen LogP contribution < -0.4 is 15.7 Å². The van der Waals surface area contributed by atoms with Gasteiger partial charge in [0.15, 0.2) is 6.61 Å². The lowest BCUT2D eigenvalue weighted by Gasteiger charge is -2.22. The highest BCUT2D eigenvalue weighted by molar-refractivity contribution is 6.32.